The van der Waals surface area contributed by atoms with Crippen molar-refractivity contribution in [2.45, 2.75) is 50.5 Å². The van der Waals surface area contributed by atoms with Gasteiger partial charge in [0.15, 0.2) is 0 Å². The Morgan fingerprint density at radius 1 is 1.27 bits per heavy atom. The van der Waals surface area contributed by atoms with E-state index in [1.165, 1.54) is 25.8 Å². The summed E-state index contributed by atoms with van der Waals surface area (Å²) in [6, 6.07) is 0. The summed E-state index contributed by atoms with van der Waals surface area (Å²) in [6.07, 6.45) is 10.4. The normalized spacial score (nSPS) is 31.2. The topological polar surface area (TPSA) is 43.8 Å². The third-order valence-corrected chi connectivity index (χ3v) is 6.07. The van der Waals surface area contributed by atoms with Crippen LogP contribution in [0.1, 0.15) is 44.9 Å². The minimum Gasteiger partial charge on any atom is -0.396 e. The van der Waals surface area contributed by atoms with Gasteiger partial charge in [-0.05, 0) is 56.8 Å². The minimum atomic E-state index is 0.181. The van der Waals surface area contributed by atoms with Gasteiger partial charge in [0.2, 0.25) is 5.91 Å². The lowest BCUT2D eigenvalue weighted by Crippen LogP contribution is -2.69. The maximum absolute atomic E-state index is 12.6. The van der Waals surface area contributed by atoms with Gasteiger partial charge in [-0.1, -0.05) is 6.08 Å². The maximum Gasteiger partial charge on any atom is 0.249 e. The lowest BCUT2D eigenvalue weighted by Gasteiger charge is -2.53. The summed E-state index contributed by atoms with van der Waals surface area (Å²) in [5, 5.41) is 9.55. The number of hydrogen-bond acceptors (Lipinski definition) is 3. The Morgan fingerprint density at radius 3 is 2.73 bits per heavy atom. The smallest absolute Gasteiger partial charge is 0.249 e. The molecule has 4 aliphatic rings. The number of aliphatic hydroxyl groups is 1. The molecule has 0 aromatic heterocycles. The van der Waals surface area contributed by atoms with E-state index in [1.54, 1.807) is 0 Å². The molecule has 4 nitrogen and oxygen atoms in total. The molecule has 1 atom stereocenters. The fraction of sp³-hybridized carbons (Fsp3) is 0.833. The molecule has 1 amide bonds. The van der Waals surface area contributed by atoms with E-state index in [-0.39, 0.29) is 11.4 Å². The lowest BCUT2D eigenvalue weighted by atomic mass is 9.83. The standard InChI is InChI=1S/C18H28N2O2/c21-11-15-8-18(20(10-15)9-14-6-7-14)12-19(13-18)17(22)16-4-2-1-3-5-16/h4,14-15,21H,1-3,5-13H2. The van der Waals surface area contributed by atoms with Crippen molar-refractivity contribution in [2.75, 3.05) is 32.8 Å². The number of nitrogens with zero attached hydrogens (tertiary/aromatic N) is 2. The van der Waals surface area contributed by atoms with Crippen LogP contribution in [0.2, 0.25) is 0 Å². The van der Waals surface area contributed by atoms with Gasteiger partial charge in [-0.3, -0.25) is 9.69 Å². The summed E-state index contributed by atoms with van der Waals surface area (Å²) >= 11 is 0. The second-order valence-corrected chi connectivity index (χ2v) is 7.96. The van der Waals surface area contributed by atoms with E-state index >= 15 is 0 Å². The average molecular weight is 304 g/mol. The molecule has 22 heavy (non-hydrogen) atoms. The summed E-state index contributed by atoms with van der Waals surface area (Å²) < 4.78 is 0. The second-order valence-electron chi connectivity index (χ2n) is 7.96. The Balaban J connectivity index is 1.40. The summed E-state index contributed by atoms with van der Waals surface area (Å²) in [7, 11) is 0. The Kier molecular flexibility index (Phi) is 3.77. The van der Waals surface area contributed by atoms with Crippen molar-refractivity contribution in [3.05, 3.63) is 11.6 Å². The number of aliphatic hydroxyl groups excluding tert-OH is 1. The van der Waals surface area contributed by atoms with E-state index < -0.39 is 0 Å². The molecule has 0 bridgehead atoms. The molecule has 2 saturated heterocycles. The molecule has 2 aliphatic carbocycles. The Morgan fingerprint density at radius 2 is 2.09 bits per heavy atom. The van der Waals surface area contributed by atoms with Gasteiger partial charge in [0.05, 0.1) is 5.54 Å². The van der Waals surface area contributed by atoms with Crippen LogP contribution < -0.4 is 0 Å². The van der Waals surface area contributed by atoms with Gasteiger partial charge < -0.3 is 10.0 Å². The molecular weight excluding hydrogens is 276 g/mol. The zero-order valence-corrected chi connectivity index (χ0v) is 13.5. The third-order valence-electron chi connectivity index (χ3n) is 6.07. The van der Waals surface area contributed by atoms with Crippen LogP contribution in [0.15, 0.2) is 11.6 Å². The Bertz CT molecular complexity index is 477. The first-order chi connectivity index (χ1) is 10.7. The van der Waals surface area contributed by atoms with E-state index in [0.717, 1.165) is 56.8 Å². The largest absolute Gasteiger partial charge is 0.396 e. The molecule has 0 aromatic rings. The first-order valence-corrected chi connectivity index (χ1v) is 9.04. The third kappa shape index (κ3) is 2.61. The summed E-state index contributed by atoms with van der Waals surface area (Å²) in [5.74, 6) is 1.56. The molecule has 1 saturated carbocycles. The molecule has 1 unspecified atom stereocenters. The van der Waals surface area contributed by atoms with Gasteiger partial charge in [-0.15, -0.1) is 0 Å². The number of carbonyl (C=O) groups excluding carboxylic acids is 1. The highest BCUT2D eigenvalue weighted by Gasteiger charge is 2.55. The van der Waals surface area contributed by atoms with Gasteiger partial charge in [-0.2, -0.15) is 0 Å². The van der Waals surface area contributed by atoms with Crippen molar-refractivity contribution in [3.8, 4) is 0 Å². The van der Waals surface area contributed by atoms with Gasteiger partial charge in [0.1, 0.15) is 0 Å². The molecule has 0 radical (unpaired) electrons. The van der Waals surface area contributed by atoms with Crippen LogP contribution in [0.3, 0.4) is 0 Å². The molecule has 0 aromatic carbocycles. The van der Waals surface area contributed by atoms with Gasteiger partial charge in [-0.25, -0.2) is 0 Å². The Labute approximate surface area is 133 Å². The predicted molar refractivity (Wildman–Crippen MR) is 85.4 cm³/mol. The van der Waals surface area contributed by atoms with E-state index in [2.05, 4.69) is 15.9 Å². The van der Waals surface area contributed by atoms with Crippen LogP contribution in [0.5, 0.6) is 0 Å². The van der Waals surface area contributed by atoms with Crippen molar-refractivity contribution in [1.82, 2.24) is 9.80 Å². The summed E-state index contributed by atoms with van der Waals surface area (Å²) in [6.45, 7) is 4.26. The van der Waals surface area contributed by atoms with Gasteiger partial charge >= 0.3 is 0 Å². The van der Waals surface area contributed by atoms with E-state index in [1.807, 2.05) is 0 Å². The van der Waals surface area contributed by atoms with Crippen LogP contribution in [-0.2, 0) is 4.79 Å². The number of likely N-dealkylation sites (tertiary alicyclic amines) is 2. The average Bonchev–Trinajstić information content (AvgIpc) is 3.25. The molecule has 1 N–H and O–H groups in total. The number of rotatable bonds is 4. The highest BCUT2D eigenvalue weighted by Crippen LogP contribution is 2.43. The van der Waals surface area contributed by atoms with Gasteiger partial charge in [0, 0.05) is 38.4 Å². The number of allylic oxidation sites excluding steroid dienone is 1. The van der Waals surface area contributed by atoms with Gasteiger partial charge in [0.25, 0.3) is 0 Å². The van der Waals surface area contributed by atoms with Crippen LogP contribution in [0.25, 0.3) is 0 Å². The van der Waals surface area contributed by atoms with Crippen molar-refractivity contribution < 1.29 is 9.90 Å². The Hall–Kier alpha value is -0.870. The minimum absolute atomic E-state index is 0.181. The first kappa shape index (κ1) is 14.7. The highest BCUT2D eigenvalue weighted by molar-refractivity contribution is 5.94. The number of amides is 1. The van der Waals surface area contributed by atoms with Crippen molar-refractivity contribution in [1.29, 1.82) is 0 Å². The lowest BCUT2D eigenvalue weighted by molar-refractivity contribution is -0.140. The van der Waals surface area contributed by atoms with Crippen LogP contribution >= 0.6 is 0 Å². The van der Waals surface area contributed by atoms with Crippen LogP contribution in [0, 0.1) is 11.8 Å². The molecule has 122 valence electrons. The van der Waals surface area contributed by atoms with Crippen molar-refractivity contribution in [3.63, 3.8) is 0 Å². The zero-order valence-electron chi connectivity index (χ0n) is 13.5. The fourth-order valence-corrected chi connectivity index (χ4v) is 4.61. The molecule has 2 heterocycles. The fourth-order valence-electron chi connectivity index (χ4n) is 4.61. The summed E-state index contributed by atoms with van der Waals surface area (Å²) in [4.78, 5) is 17.3. The van der Waals surface area contributed by atoms with E-state index in [0.29, 0.717) is 12.5 Å². The predicted octanol–water partition coefficient (Wildman–Crippen LogP) is 1.79. The molecule has 4 rings (SSSR count). The van der Waals surface area contributed by atoms with E-state index in [9.17, 15) is 9.90 Å². The monoisotopic (exact) mass is 304 g/mol. The van der Waals surface area contributed by atoms with Crippen molar-refractivity contribution in [2.24, 2.45) is 11.8 Å². The molecule has 4 heteroatoms. The van der Waals surface area contributed by atoms with Crippen molar-refractivity contribution >= 4 is 5.91 Å². The highest BCUT2D eigenvalue weighted by atomic mass is 16.3. The zero-order chi connectivity index (χ0) is 15.2. The number of hydrogen-bond donors (Lipinski definition) is 1. The van der Waals surface area contributed by atoms with E-state index in [4.69, 9.17) is 0 Å². The molecular formula is C18H28N2O2. The maximum atomic E-state index is 12.6. The first-order valence-electron chi connectivity index (χ1n) is 9.04. The second kappa shape index (κ2) is 5.64. The number of carbonyl (C=O) groups is 1. The SMILES string of the molecule is O=C(C1=CCCCC1)N1CC2(CC(CO)CN2CC2CC2)C1. The van der Waals surface area contributed by atoms with Crippen LogP contribution in [0.4, 0.5) is 0 Å². The summed E-state index contributed by atoms with van der Waals surface area (Å²) in [5.41, 5.74) is 1.23. The molecule has 2 aliphatic heterocycles. The van der Waals surface area contributed by atoms with Crippen LogP contribution in [-0.4, -0.2) is 59.1 Å². The quantitative estimate of drug-likeness (QED) is 0.861. The molecule has 3 fully saturated rings. The molecule has 1 spiro atoms.